The Morgan fingerprint density at radius 2 is 1.89 bits per heavy atom. The lowest BCUT2D eigenvalue weighted by Crippen LogP contribution is -2.39. The van der Waals surface area contributed by atoms with Gasteiger partial charge in [-0.3, -0.25) is 9.36 Å². The predicted molar refractivity (Wildman–Crippen MR) is 193 cm³/mol. The Morgan fingerprint density at radius 1 is 1.07 bits per heavy atom. The fourth-order valence-electron chi connectivity index (χ4n) is 4.92. The van der Waals surface area contributed by atoms with E-state index >= 15 is 0 Å². The molecule has 0 saturated carbocycles. The van der Waals surface area contributed by atoms with Gasteiger partial charge in [-0.1, -0.05) is 71.5 Å². The zero-order valence-corrected chi connectivity index (χ0v) is 29.8. The molecule has 6 nitrogen and oxygen atoms in total. The maximum absolute atomic E-state index is 14.2. The molecule has 0 unspecified atom stereocenters. The van der Waals surface area contributed by atoms with Crippen LogP contribution in [0.3, 0.4) is 0 Å². The summed E-state index contributed by atoms with van der Waals surface area (Å²) in [4.78, 5) is 34.1. The van der Waals surface area contributed by atoms with Gasteiger partial charge in [-0.2, -0.15) is 0 Å². The van der Waals surface area contributed by atoms with Crippen molar-refractivity contribution in [3.63, 3.8) is 0 Å². The summed E-state index contributed by atoms with van der Waals surface area (Å²) in [6, 6.07) is 24.3. The molecule has 6 rings (SSSR count). The van der Waals surface area contributed by atoms with E-state index in [2.05, 4.69) is 45.2 Å². The van der Waals surface area contributed by atoms with E-state index in [0.717, 1.165) is 28.7 Å². The first kappa shape index (κ1) is 31.2. The molecule has 0 spiro atoms. The van der Waals surface area contributed by atoms with Crippen LogP contribution in [0.1, 0.15) is 34.5 Å². The highest BCUT2D eigenvalue weighted by Gasteiger charge is 2.35. The number of hydrogen-bond acceptors (Lipinski definition) is 7. The number of thiophene rings is 1. The second kappa shape index (κ2) is 13.7. The summed E-state index contributed by atoms with van der Waals surface area (Å²) < 4.78 is 15.9. The molecule has 1 atom stereocenters. The van der Waals surface area contributed by atoms with Gasteiger partial charge in [0.05, 0.1) is 26.0 Å². The van der Waals surface area contributed by atoms with Gasteiger partial charge in [0.25, 0.3) is 5.56 Å². The number of hydrogen-bond donors (Lipinski definition) is 0. The van der Waals surface area contributed by atoms with Crippen molar-refractivity contribution in [3.8, 4) is 5.75 Å². The number of nitrogens with zero attached hydrogens (tertiary/aromatic N) is 2. The molecular formula is C33H23ClI2N2O4S2. The van der Waals surface area contributed by atoms with Crippen LogP contribution >= 0.6 is 79.5 Å². The van der Waals surface area contributed by atoms with Gasteiger partial charge in [0.2, 0.25) is 0 Å². The van der Waals surface area contributed by atoms with Gasteiger partial charge in [0, 0.05) is 24.6 Å². The fraction of sp³-hybridized carbons (Fsp3) is 0.121. The number of aromatic nitrogens is 1. The van der Waals surface area contributed by atoms with Gasteiger partial charge in [-0.25, -0.2) is 9.79 Å². The molecule has 0 bridgehead atoms. The largest absolute Gasteiger partial charge is 0.487 e. The number of rotatable bonds is 8. The van der Waals surface area contributed by atoms with Crippen LogP contribution in [0.15, 0.2) is 99.6 Å². The van der Waals surface area contributed by atoms with Gasteiger partial charge in [0.15, 0.2) is 4.80 Å². The summed E-state index contributed by atoms with van der Waals surface area (Å²) in [7, 11) is 0. The molecule has 0 aliphatic carbocycles. The molecule has 44 heavy (non-hydrogen) atoms. The number of ether oxygens (including phenoxy) is 2. The van der Waals surface area contributed by atoms with E-state index in [4.69, 9.17) is 26.1 Å². The van der Waals surface area contributed by atoms with Crippen LogP contribution in [0.5, 0.6) is 5.75 Å². The molecule has 11 heteroatoms. The van der Waals surface area contributed by atoms with E-state index in [1.54, 1.807) is 11.5 Å². The van der Waals surface area contributed by atoms with Gasteiger partial charge in [0.1, 0.15) is 18.4 Å². The number of benzene rings is 3. The Balaban J connectivity index is 1.54. The zero-order valence-electron chi connectivity index (χ0n) is 23.1. The summed E-state index contributed by atoms with van der Waals surface area (Å²) in [5.74, 6) is 0.176. The Kier molecular flexibility index (Phi) is 9.71. The smallest absolute Gasteiger partial charge is 0.338 e. The lowest BCUT2D eigenvalue weighted by atomic mass is 9.97. The van der Waals surface area contributed by atoms with Crippen molar-refractivity contribution < 1.29 is 14.3 Å². The molecule has 222 valence electrons. The highest BCUT2D eigenvalue weighted by atomic mass is 127. The lowest BCUT2D eigenvalue weighted by Gasteiger charge is -2.24. The van der Waals surface area contributed by atoms with E-state index in [0.29, 0.717) is 38.0 Å². The van der Waals surface area contributed by atoms with Crippen LogP contribution in [0.4, 0.5) is 0 Å². The molecule has 0 saturated heterocycles. The molecule has 0 fully saturated rings. The van der Waals surface area contributed by atoms with Crippen molar-refractivity contribution >= 4 is 97.2 Å². The van der Waals surface area contributed by atoms with Gasteiger partial charge < -0.3 is 9.47 Å². The molecule has 0 amide bonds. The monoisotopic (exact) mass is 864 g/mol. The third kappa shape index (κ3) is 6.45. The molecule has 3 aromatic carbocycles. The lowest BCUT2D eigenvalue weighted by molar-refractivity contribution is -0.138. The van der Waals surface area contributed by atoms with E-state index < -0.39 is 12.0 Å². The first-order valence-corrected chi connectivity index (χ1v) is 17.8. The topological polar surface area (TPSA) is 69.9 Å². The summed E-state index contributed by atoms with van der Waals surface area (Å²) in [6.45, 7) is 2.29. The summed E-state index contributed by atoms with van der Waals surface area (Å²) in [5, 5.41) is 2.58. The highest BCUT2D eigenvalue weighted by Crippen LogP contribution is 2.37. The predicted octanol–water partition coefficient (Wildman–Crippen LogP) is 7.44. The van der Waals surface area contributed by atoms with Crippen LogP contribution in [0.25, 0.3) is 11.8 Å². The number of carbonyl (C=O) groups excluding carboxylic acids is 1. The van der Waals surface area contributed by atoms with E-state index in [9.17, 15) is 9.59 Å². The first-order chi connectivity index (χ1) is 21.3. The third-order valence-corrected chi connectivity index (χ3v) is 10.3. The van der Waals surface area contributed by atoms with Crippen molar-refractivity contribution in [2.45, 2.75) is 19.6 Å². The van der Waals surface area contributed by atoms with Crippen molar-refractivity contribution in [2.24, 2.45) is 4.99 Å². The van der Waals surface area contributed by atoms with Crippen LogP contribution in [0, 0.1) is 7.14 Å². The Bertz CT molecular complexity index is 2070. The average molecular weight is 865 g/mol. The Morgan fingerprint density at radius 3 is 2.61 bits per heavy atom. The number of esters is 1. The molecule has 1 aliphatic heterocycles. The average Bonchev–Trinajstić information content (AvgIpc) is 3.65. The number of fused-ring (bicyclic) bond motifs is 1. The van der Waals surface area contributed by atoms with Crippen molar-refractivity contribution in [1.82, 2.24) is 4.57 Å². The number of halogens is 3. The first-order valence-electron chi connectivity index (χ1n) is 13.5. The molecule has 0 N–H and O–H groups in total. The quantitative estimate of drug-likeness (QED) is 0.120. The Labute approximate surface area is 293 Å². The van der Waals surface area contributed by atoms with Crippen molar-refractivity contribution in [2.75, 3.05) is 6.61 Å². The summed E-state index contributed by atoms with van der Waals surface area (Å²) in [5.41, 5.74) is 3.09. The van der Waals surface area contributed by atoms with E-state index in [-0.39, 0.29) is 12.2 Å². The molecule has 1 aliphatic rings. The van der Waals surface area contributed by atoms with E-state index in [1.807, 2.05) is 90.3 Å². The third-order valence-electron chi connectivity index (χ3n) is 6.78. The highest BCUT2D eigenvalue weighted by molar-refractivity contribution is 14.1. The van der Waals surface area contributed by atoms with Crippen LogP contribution in [0.2, 0.25) is 5.02 Å². The van der Waals surface area contributed by atoms with Gasteiger partial charge in [-0.05, 0) is 99.5 Å². The van der Waals surface area contributed by atoms with Crippen molar-refractivity contribution in [3.05, 3.63) is 143 Å². The maximum Gasteiger partial charge on any atom is 0.338 e. The van der Waals surface area contributed by atoms with Crippen molar-refractivity contribution in [1.29, 1.82) is 0 Å². The molecule has 0 radical (unpaired) electrons. The SMILES string of the molecule is CCOC(=O)C1=C(c2ccccc2)N=c2s/c(=C\c3cc(I)cc(I)c3OCc3cccc(Cl)c3)c(=O)n2[C@H]1c1cccs1. The minimum atomic E-state index is -0.683. The second-order valence-corrected chi connectivity index (χ2v) is 14.5. The standard InChI is InChI=1S/C33H23ClI2N2O4S2/c1-2-41-32(40)27-28(20-9-4-3-5-10-20)37-33-38(29(27)25-12-7-13-43-25)31(39)26(44-33)16-21-15-23(35)17-24(36)30(21)42-18-19-8-6-11-22(34)14-19/h3-17,29H,2,18H2,1H3/b26-16-/t29-/m0/s1. The zero-order chi connectivity index (χ0) is 30.8. The minimum Gasteiger partial charge on any atom is -0.487 e. The number of thiazole rings is 1. The summed E-state index contributed by atoms with van der Waals surface area (Å²) in [6.07, 6.45) is 1.85. The Hall–Kier alpha value is -2.78. The molecule has 2 aromatic heterocycles. The van der Waals surface area contributed by atoms with Crippen LogP contribution in [-0.2, 0) is 16.1 Å². The molecule has 3 heterocycles. The maximum atomic E-state index is 14.2. The van der Waals surface area contributed by atoms with Crippen LogP contribution < -0.4 is 19.6 Å². The van der Waals surface area contributed by atoms with E-state index in [1.165, 1.54) is 22.7 Å². The number of carbonyl (C=O) groups is 1. The fourth-order valence-corrected chi connectivity index (χ4v) is 8.99. The van der Waals surface area contributed by atoms with Gasteiger partial charge in [-0.15, -0.1) is 11.3 Å². The molecule has 5 aromatic rings. The van der Waals surface area contributed by atoms with Gasteiger partial charge >= 0.3 is 5.97 Å². The van der Waals surface area contributed by atoms with Crippen LogP contribution in [-0.4, -0.2) is 17.1 Å². The second-order valence-electron chi connectivity index (χ2n) is 9.67. The molecular weight excluding hydrogens is 842 g/mol. The minimum absolute atomic E-state index is 0.204. The summed E-state index contributed by atoms with van der Waals surface area (Å²) >= 11 is 13.5. The normalized spacial score (nSPS) is 14.7.